The third-order valence-corrected chi connectivity index (χ3v) is 4.36. The molecule has 0 bridgehead atoms. The van der Waals surface area contributed by atoms with Crippen LogP contribution in [0.25, 0.3) is 5.57 Å². The van der Waals surface area contributed by atoms with Crippen molar-refractivity contribution in [2.24, 2.45) is 16.8 Å². The first-order chi connectivity index (χ1) is 15.3. The summed E-state index contributed by atoms with van der Waals surface area (Å²) in [4.78, 5) is 4.06. The van der Waals surface area contributed by atoms with Crippen LogP contribution in [0.3, 0.4) is 0 Å². The third kappa shape index (κ3) is 15.8. The van der Waals surface area contributed by atoms with Gasteiger partial charge < -0.3 is 14.8 Å². The fourth-order valence-corrected chi connectivity index (χ4v) is 2.61. The van der Waals surface area contributed by atoms with Crippen LogP contribution in [0.2, 0.25) is 0 Å². The van der Waals surface area contributed by atoms with Gasteiger partial charge in [0.25, 0.3) is 0 Å². The summed E-state index contributed by atoms with van der Waals surface area (Å²) in [5.74, 6) is 1.35. The second kappa shape index (κ2) is 21.0. The molecule has 0 amide bonds. The molecule has 0 radical (unpaired) electrons. The highest BCUT2D eigenvalue weighted by molar-refractivity contribution is 6.02. The number of nitrogens with one attached hydrogen (secondary N) is 1. The van der Waals surface area contributed by atoms with E-state index in [0.717, 1.165) is 61.2 Å². The third-order valence-electron chi connectivity index (χ3n) is 4.36. The minimum atomic E-state index is 0.621. The van der Waals surface area contributed by atoms with Crippen LogP contribution < -0.4 is 5.32 Å². The number of hydrogen-bond acceptors (Lipinski definition) is 4. The van der Waals surface area contributed by atoms with Crippen LogP contribution in [0.15, 0.2) is 41.4 Å². The average Bonchev–Trinajstić information content (AvgIpc) is 2.77. The standard InChI is InChI=1S/C15H20N2.C11H24O2.C2H6/c1-6-13(10-16-4)12(3)14-9-11(2)7-8-15(14)17-5;1-10(2)5-6-12-7-8-13-9-11(3)4;1-2/h6-10,17H,3H2,1-2,4-5H3;10-11H,5-9H2,1-4H3;1-2H3/b13-6+,16-10?;;. The van der Waals surface area contributed by atoms with Gasteiger partial charge in [-0.25, -0.2) is 0 Å². The van der Waals surface area contributed by atoms with Crippen LogP contribution in [-0.2, 0) is 9.47 Å². The molecule has 4 nitrogen and oxygen atoms in total. The minimum Gasteiger partial charge on any atom is -0.388 e. The van der Waals surface area contributed by atoms with E-state index < -0.39 is 0 Å². The van der Waals surface area contributed by atoms with Gasteiger partial charge in [0.1, 0.15) is 0 Å². The highest BCUT2D eigenvalue weighted by Gasteiger charge is 2.08. The molecule has 0 aliphatic heterocycles. The molecule has 1 rings (SSSR count). The highest BCUT2D eigenvalue weighted by atomic mass is 16.5. The first kappa shape index (κ1) is 32.3. The lowest BCUT2D eigenvalue weighted by atomic mass is 9.96. The van der Waals surface area contributed by atoms with Gasteiger partial charge in [-0.2, -0.15) is 0 Å². The fourth-order valence-electron chi connectivity index (χ4n) is 2.61. The number of allylic oxidation sites excluding steroid dienone is 3. The molecule has 0 spiro atoms. The van der Waals surface area contributed by atoms with Crippen LogP contribution >= 0.6 is 0 Å². The Morgan fingerprint density at radius 1 is 1.06 bits per heavy atom. The summed E-state index contributed by atoms with van der Waals surface area (Å²) in [6.07, 6.45) is 5.01. The predicted octanol–water partition coefficient (Wildman–Crippen LogP) is 7.44. The largest absolute Gasteiger partial charge is 0.388 e. The van der Waals surface area contributed by atoms with Gasteiger partial charge >= 0.3 is 0 Å². The fraction of sp³-hybridized carbons (Fsp3) is 0.607. The van der Waals surface area contributed by atoms with Crippen molar-refractivity contribution < 1.29 is 9.47 Å². The number of aliphatic imine (C=N–C) groups is 1. The molecule has 184 valence electrons. The van der Waals surface area contributed by atoms with E-state index in [1.807, 2.05) is 40.1 Å². The van der Waals surface area contributed by atoms with Crippen molar-refractivity contribution in [1.82, 2.24) is 0 Å². The van der Waals surface area contributed by atoms with Crippen LogP contribution in [0, 0.1) is 18.8 Å². The van der Waals surface area contributed by atoms with Crippen molar-refractivity contribution in [3.05, 3.63) is 47.6 Å². The highest BCUT2D eigenvalue weighted by Crippen LogP contribution is 2.28. The average molecular weight is 447 g/mol. The number of hydrogen-bond donors (Lipinski definition) is 1. The van der Waals surface area contributed by atoms with Crippen molar-refractivity contribution in [2.75, 3.05) is 45.8 Å². The number of anilines is 1. The van der Waals surface area contributed by atoms with E-state index in [1.54, 1.807) is 7.05 Å². The minimum absolute atomic E-state index is 0.621. The van der Waals surface area contributed by atoms with Crippen molar-refractivity contribution in [1.29, 1.82) is 0 Å². The number of ether oxygens (including phenoxy) is 2. The molecule has 0 aromatic heterocycles. The zero-order valence-corrected chi connectivity index (χ0v) is 22.5. The van der Waals surface area contributed by atoms with E-state index in [0.29, 0.717) is 5.92 Å². The van der Waals surface area contributed by atoms with Gasteiger partial charge in [0.2, 0.25) is 0 Å². The van der Waals surface area contributed by atoms with Crippen molar-refractivity contribution in [3.8, 4) is 0 Å². The van der Waals surface area contributed by atoms with Gasteiger partial charge in [0.15, 0.2) is 0 Å². The molecule has 0 fully saturated rings. The lowest BCUT2D eigenvalue weighted by molar-refractivity contribution is 0.0346. The molecule has 1 aromatic carbocycles. The van der Waals surface area contributed by atoms with Gasteiger partial charge in [0.05, 0.1) is 13.2 Å². The molecule has 0 saturated carbocycles. The van der Waals surface area contributed by atoms with Crippen LogP contribution in [0.1, 0.15) is 66.0 Å². The Bertz CT molecular complexity index is 649. The number of rotatable bonds is 12. The molecule has 1 N–H and O–H groups in total. The molecule has 0 atom stereocenters. The summed E-state index contributed by atoms with van der Waals surface area (Å²) in [6.45, 7) is 24.1. The van der Waals surface area contributed by atoms with E-state index in [9.17, 15) is 0 Å². The van der Waals surface area contributed by atoms with Crippen LogP contribution in [0.4, 0.5) is 5.69 Å². The molecule has 0 unspecified atom stereocenters. The quantitative estimate of drug-likeness (QED) is 0.206. The van der Waals surface area contributed by atoms with Gasteiger partial charge in [-0.1, -0.05) is 65.8 Å². The maximum Gasteiger partial charge on any atom is 0.0700 e. The summed E-state index contributed by atoms with van der Waals surface area (Å²) in [5.41, 5.74) is 5.48. The molecule has 0 aliphatic rings. The molecule has 0 aliphatic carbocycles. The Labute approximate surface area is 199 Å². The lowest BCUT2D eigenvalue weighted by Gasteiger charge is -2.13. The number of nitrogens with zero attached hydrogens (tertiary/aromatic N) is 1. The van der Waals surface area contributed by atoms with Crippen molar-refractivity contribution in [2.45, 2.75) is 61.8 Å². The summed E-state index contributed by atoms with van der Waals surface area (Å²) >= 11 is 0. The van der Waals surface area contributed by atoms with E-state index >= 15 is 0 Å². The Hall–Kier alpha value is -1.91. The van der Waals surface area contributed by atoms with E-state index in [-0.39, 0.29) is 0 Å². The summed E-state index contributed by atoms with van der Waals surface area (Å²) in [7, 11) is 3.69. The molecular formula is C28H50N2O2. The summed E-state index contributed by atoms with van der Waals surface area (Å²) in [6, 6.07) is 6.30. The molecule has 4 heteroatoms. The number of benzene rings is 1. The Kier molecular flexibility index (Phi) is 21.1. The molecule has 0 heterocycles. The monoisotopic (exact) mass is 446 g/mol. The second-order valence-electron chi connectivity index (χ2n) is 8.17. The first-order valence-corrected chi connectivity index (χ1v) is 12.0. The van der Waals surface area contributed by atoms with Gasteiger partial charge in [-0.3, -0.25) is 4.99 Å². The second-order valence-corrected chi connectivity index (χ2v) is 8.17. The van der Waals surface area contributed by atoms with Crippen LogP contribution in [-0.4, -0.2) is 46.7 Å². The topological polar surface area (TPSA) is 42.9 Å². The molecule has 32 heavy (non-hydrogen) atoms. The van der Waals surface area contributed by atoms with Gasteiger partial charge in [0, 0.05) is 44.8 Å². The zero-order valence-electron chi connectivity index (χ0n) is 22.5. The van der Waals surface area contributed by atoms with Crippen molar-refractivity contribution >= 4 is 17.5 Å². The predicted molar refractivity (Wildman–Crippen MR) is 145 cm³/mol. The lowest BCUT2D eigenvalue weighted by Crippen LogP contribution is -2.09. The normalized spacial score (nSPS) is 11.2. The molecular weight excluding hydrogens is 396 g/mol. The van der Waals surface area contributed by atoms with Gasteiger partial charge in [-0.05, 0) is 55.4 Å². The Morgan fingerprint density at radius 2 is 1.69 bits per heavy atom. The maximum atomic E-state index is 5.40. The Balaban J connectivity index is 0. The number of aryl methyl sites for hydroxylation is 1. The first-order valence-electron chi connectivity index (χ1n) is 12.0. The van der Waals surface area contributed by atoms with E-state index in [4.69, 9.17) is 9.47 Å². The van der Waals surface area contributed by atoms with Crippen LogP contribution in [0.5, 0.6) is 0 Å². The van der Waals surface area contributed by atoms with Gasteiger partial charge in [-0.15, -0.1) is 0 Å². The maximum absolute atomic E-state index is 5.40. The van der Waals surface area contributed by atoms with Crippen molar-refractivity contribution in [3.63, 3.8) is 0 Å². The van der Waals surface area contributed by atoms with E-state index in [2.05, 4.69) is 69.7 Å². The summed E-state index contributed by atoms with van der Waals surface area (Å²) < 4.78 is 10.8. The Morgan fingerprint density at radius 3 is 2.19 bits per heavy atom. The smallest absolute Gasteiger partial charge is 0.0700 e. The SMILES string of the molecule is C=C(/C(C=NC)=C/C)c1cc(C)ccc1NC.CC.CC(C)CCOCCOCC(C)C. The molecule has 1 aromatic rings. The molecule has 0 saturated heterocycles. The zero-order chi connectivity index (χ0) is 24.9. The summed E-state index contributed by atoms with van der Waals surface area (Å²) in [5, 5.41) is 3.19. The van der Waals surface area contributed by atoms with E-state index in [1.165, 1.54) is 5.56 Å².